The SMILES string of the molecule is O=C(CO)NC[C@H]1CCNC1. The summed E-state index contributed by atoms with van der Waals surface area (Å²) in [5.74, 6) is 0.266. The van der Waals surface area contributed by atoms with E-state index in [4.69, 9.17) is 5.11 Å². The molecule has 4 heteroatoms. The van der Waals surface area contributed by atoms with Crippen molar-refractivity contribution in [1.29, 1.82) is 0 Å². The summed E-state index contributed by atoms with van der Waals surface area (Å²) in [7, 11) is 0. The third-order valence-electron chi connectivity index (χ3n) is 1.89. The van der Waals surface area contributed by atoms with E-state index in [-0.39, 0.29) is 5.91 Å². The first-order chi connectivity index (χ1) is 5.33. The normalized spacial score (nSPS) is 23.5. The minimum absolute atomic E-state index is 0.281. The summed E-state index contributed by atoms with van der Waals surface area (Å²) in [5.41, 5.74) is 0. The fourth-order valence-corrected chi connectivity index (χ4v) is 1.20. The van der Waals surface area contributed by atoms with Crippen LogP contribution in [0.1, 0.15) is 6.42 Å². The van der Waals surface area contributed by atoms with E-state index in [1.807, 2.05) is 0 Å². The molecule has 0 aromatic carbocycles. The summed E-state index contributed by atoms with van der Waals surface area (Å²) in [6.07, 6.45) is 1.12. The van der Waals surface area contributed by atoms with Crippen LogP contribution in [0.4, 0.5) is 0 Å². The second-order valence-electron chi connectivity index (χ2n) is 2.82. The average Bonchev–Trinajstić information content (AvgIpc) is 2.52. The van der Waals surface area contributed by atoms with Gasteiger partial charge in [-0.05, 0) is 25.4 Å². The molecular weight excluding hydrogens is 144 g/mol. The summed E-state index contributed by atoms with van der Waals surface area (Å²) < 4.78 is 0. The standard InChI is InChI=1S/C7H14N2O2/c10-5-7(11)9-4-6-1-2-8-3-6/h6,8,10H,1-5H2,(H,9,11)/t6-/m0/s1. The van der Waals surface area contributed by atoms with Crippen molar-refractivity contribution in [1.82, 2.24) is 10.6 Å². The zero-order valence-corrected chi connectivity index (χ0v) is 6.47. The van der Waals surface area contributed by atoms with Gasteiger partial charge in [0.2, 0.25) is 5.91 Å². The van der Waals surface area contributed by atoms with Crippen molar-refractivity contribution in [3.8, 4) is 0 Å². The molecule has 0 radical (unpaired) electrons. The maximum atomic E-state index is 10.6. The number of amides is 1. The Morgan fingerprint density at radius 1 is 1.73 bits per heavy atom. The fraction of sp³-hybridized carbons (Fsp3) is 0.857. The zero-order chi connectivity index (χ0) is 8.10. The van der Waals surface area contributed by atoms with Crippen molar-refractivity contribution in [3.05, 3.63) is 0 Å². The minimum Gasteiger partial charge on any atom is -0.387 e. The lowest BCUT2D eigenvalue weighted by molar-refractivity contribution is -0.123. The van der Waals surface area contributed by atoms with Crippen molar-refractivity contribution in [3.63, 3.8) is 0 Å². The summed E-state index contributed by atoms with van der Waals surface area (Å²) >= 11 is 0. The first kappa shape index (κ1) is 8.49. The largest absolute Gasteiger partial charge is 0.387 e. The molecule has 1 aliphatic heterocycles. The number of rotatable bonds is 3. The van der Waals surface area contributed by atoms with Crippen LogP contribution in [0.2, 0.25) is 0 Å². The maximum absolute atomic E-state index is 10.6. The molecule has 1 amide bonds. The van der Waals surface area contributed by atoms with E-state index < -0.39 is 6.61 Å². The van der Waals surface area contributed by atoms with E-state index in [9.17, 15) is 4.79 Å². The fourth-order valence-electron chi connectivity index (χ4n) is 1.20. The Labute approximate surface area is 66.0 Å². The highest BCUT2D eigenvalue weighted by molar-refractivity contribution is 5.76. The van der Waals surface area contributed by atoms with Crippen LogP contribution >= 0.6 is 0 Å². The lowest BCUT2D eigenvalue weighted by Gasteiger charge is -2.07. The highest BCUT2D eigenvalue weighted by Crippen LogP contribution is 2.04. The highest BCUT2D eigenvalue weighted by atomic mass is 16.3. The van der Waals surface area contributed by atoms with Crippen LogP contribution in [0.5, 0.6) is 0 Å². The quantitative estimate of drug-likeness (QED) is 0.478. The maximum Gasteiger partial charge on any atom is 0.245 e. The van der Waals surface area contributed by atoms with Crippen LogP contribution in [0, 0.1) is 5.92 Å². The number of carbonyl (C=O) groups excluding carboxylic acids is 1. The number of aliphatic hydroxyl groups is 1. The average molecular weight is 158 g/mol. The van der Waals surface area contributed by atoms with Gasteiger partial charge < -0.3 is 15.7 Å². The van der Waals surface area contributed by atoms with E-state index in [0.29, 0.717) is 12.5 Å². The van der Waals surface area contributed by atoms with Gasteiger partial charge in [-0.15, -0.1) is 0 Å². The topological polar surface area (TPSA) is 61.4 Å². The van der Waals surface area contributed by atoms with Crippen LogP contribution in [-0.2, 0) is 4.79 Å². The summed E-state index contributed by atoms with van der Waals surface area (Å²) in [4.78, 5) is 10.6. The highest BCUT2D eigenvalue weighted by Gasteiger charge is 2.14. The molecule has 0 unspecified atom stereocenters. The predicted molar refractivity (Wildman–Crippen MR) is 41.1 cm³/mol. The molecule has 64 valence electrons. The predicted octanol–water partition coefficient (Wildman–Crippen LogP) is -1.30. The van der Waals surface area contributed by atoms with Crippen molar-refractivity contribution < 1.29 is 9.90 Å². The Bertz CT molecular complexity index is 132. The molecule has 0 aromatic rings. The number of carbonyl (C=O) groups is 1. The van der Waals surface area contributed by atoms with Gasteiger partial charge >= 0.3 is 0 Å². The molecule has 1 aliphatic rings. The second-order valence-corrected chi connectivity index (χ2v) is 2.82. The van der Waals surface area contributed by atoms with E-state index in [1.54, 1.807) is 0 Å². The van der Waals surface area contributed by atoms with Crippen molar-refractivity contribution >= 4 is 5.91 Å². The summed E-state index contributed by atoms with van der Waals surface area (Å²) in [5, 5.41) is 14.2. The molecule has 3 N–H and O–H groups in total. The Morgan fingerprint density at radius 3 is 3.09 bits per heavy atom. The molecular formula is C7H14N2O2. The molecule has 0 aromatic heterocycles. The van der Waals surface area contributed by atoms with Gasteiger partial charge in [-0.2, -0.15) is 0 Å². The third-order valence-corrected chi connectivity index (χ3v) is 1.89. The van der Waals surface area contributed by atoms with E-state index in [0.717, 1.165) is 19.5 Å². The van der Waals surface area contributed by atoms with E-state index in [1.165, 1.54) is 0 Å². The van der Waals surface area contributed by atoms with Gasteiger partial charge in [-0.1, -0.05) is 0 Å². The number of hydrogen-bond acceptors (Lipinski definition) is 3. The zero-order valence-electron chi connectivity index (χ0n) is 6.47. The molecule has 1 saturated heterocycles. The van der Waals surface area contributed by atoms with Gasteiger partial charge in [-0.3, -0.25) is 4.79 Å². The first-order valence-corrected chi connectivity index (χ1v) is 3.91. The smallest absolute Gasteiger partial charge is 0.245 e. The van der Waals surface area contributed by atoms with Crippen molar-refractivity contribution in [2.75, 3.05) is 26.2 Å². The minimum atomic E-state index is -0.403. The number of nitrogens with one attached hydrogen (secondary N) is 2. The Balaban J connectivity index is 2.06. The Kier molecular flexibility index (Phi) is 3.32. The van der Waals surface area contributed by atoms with E-state index in [2.05, 4.69) is 10.6 Å². The van der Waals surface area contributed by atoms with Gasteiger partial charge in [-0.25, -0.2) is 0 Å². The Hall–Kier alpha value is -0.610. The number of hydrogen-bond donors (Lipinski definition) is 3. The molecule has 0 bridgehead atoms. The van der Waals surface area contributed by atoms with Crippen LogP contribution in [0.3, 0.4) is 0 Å². The lowest BCUT2D eigenvalue weighted by atomic mass is 10.1. The van der Waals surface area contributed by atoms with Crippen molar-refractivity contribution in [2.24, 2.45) is 5.92 Å². The van der Waals surface area contributed by atoms with E-state index >= 15 is 0 Å². The van der Waals surface area contributed by atoms with Gasteiger partial charge in [0.15, 0.2) is 0 Å². The van der Waals surface area contributed by atoms with Crippen LogP contribution in [0.15, 0.2) is 0 Å². The summed E-state index contributed by atoms with van der Waals surface area (Å²) in [6.45, 7) is 2.30. The molecule has 1 fully saturated rings. The molecule has 1 heterocycles. The second kappa shape index (κ2) is 4.31. The van der Waals surface area contributed by atoms with Gasteiger partial charge in [0.1, 0.15) is 6.61 Å². The molecule has 0 saturated carbocycles. The molecule has 0 aliphatic carbocycles. The molecule has 1 rings (SSSR count). The molecule has 0 spiro atoms. The van der Waals surface area contributed by atoms with Gasteiger partial charge in [0.05, 0.1) is 0 Å². The number of aliphatic hydroxyl groups excluding tert-OH is 1. The summed E-state index contributed by atoms with van der Waals surface area (Å²) in [6, 6.07) is 0. The molecule has 4 nitrogen and oxygen atoms in total. The Morgan fingerprint density at radius 2 is 2.55 bits per heavy atom. The molecule has 11 heavy (non-hydrogen) atoms. The van der Waals surface area contributed by atoms with Crippen LogP contribution in [-0.4, -0.2) is 37.3 Å². The van der Waals surface area contributed by atoms with Crippen LogP contribution < -0.4 is 10.6 Å². The third kappa shape index (κ3) is 2.86. The lowest BCUT2D eigenvalue weighted by Crippen LogP contribution is -2.32. The first-order valence-electron chi connectivity index (χ1n) is 3.91. The monoisotopic (exact) mass is 158 g/mol. The van der Waals surface area contributed by atoms with Crippen LogP contribution in [0.25, 0.3) is 0 Å². The van der Waals surface area contributed by atoms with Gasteiger partial charge in [0, 0.05) is 6.54 Å². The van der Waals surface area contributed by atoms with Gasteiger partial charge in [0.25, 0.3) is 0 Å². The van der Waals surface area contributed by atoms with Crippen molar-refractivity contribution in [2.45, 2.75) is 6.42 Å². The molecule has 1 atom stereocenters.